The highest BCUT2D eigenvalue weighted by atomic mass is 16.1. The minimum absolute atomic E-state index is 0.106. The standard InChI is InChI=1S/C15H21N3O/c1-3-12(2)15(19)16-9-6-10-18-11-17-13-7-4-5-8-14(13)18/h4-5,7-8,11-12H,3,6,9-10H2,1-2H3,(H,16,19). The summed E-state index contributed by atoms with van der Waals surface area (Å²) < 4.78 is 2.13. The maximum Gasteiger partial charge on any atom is 0.222 e. The molecule has 4 nitrogen and oxygen atoms in total. The lowest BCUT2D eigenvalue weighted by molar-refractivity contribution is -0.124. The molecule has 0 spiro atoms. The molecule has 0 aliphatic rings. The van der Waals surface area contributed by atoms with E-state index in [4.69, 9.17) is 0 Å². The van der Waals surface area contributed by atoms with Crippen molar-refractivity contribution in [1.82, 2.24) is 14.9 Å². The molecule has 0 aliphatic heterocycles. The number of para-hydroxylation sites is 2. The van der Waals surface area contributed by atoms with Crippen LogP contribution >= 0.6 is 0 Å². The minimum Gasteiger partial charge on any atom is -0.356 e. The quantitative estimate of drug-likeness (QED) is 0.810. The van der Waals surface area contributed by atoms with Crippen molar-refractivity contribution in [3.8, 4) is 0 Å². The Morgan fingerprint density at radius 2 is 2.21 bits per heavy atom. The molecule has 2 rings (SSSR count). The maximum atomic E-state index is 11.6. The highest BCUT2D eigenvalue weighted by Crippen LogP contribution is 2.11. The number of nitrogens with one attached hydrogen (secondary N) is 1. The number of imidazole rings is 1. The maximum absolute atomic E-state index is 11.6. The topological polar surface area (TPSA) is 46.9 Å². The molecular formula is C15H21N3O. The molecule has 0 radical (unpaired) electrons. The first-order valence-electron chi connectivity index (χ1n) is 6.90. The summed E-state index contributed by atoms with van der Waals surface area (Å²) in [5.41, 5.74) is 2.17. The summed E-state index contributed by atoms with van der Waals surface area (Å²) in [4.78, 5) is 16.0. The second kappa shape index (κ2) is 6.36. The third-order valence-electron chi connectivity index (χ3n) is 3.46. The molecule has 0 bridgehead atoms. The highest BCUT2D eigenvalue weighted by molar-refractivity contribution is 5.78. The number of aryl methyl sites for hydroxylation is 1. The predicted molar refractivity (Wildman–Crippen MR) is 76.8 cm³/mol. The van der Waals surface area contributed by atoms with Crippen LogP contribution < -0.4 is 5.32 Å². The number of hydrogen-bond acceptors (Lipinski definition) is 2. The Morgan fingerprint density at radius 3 is 3.00 bits per heavy atom. The average Bonchev–Trinajstić information content (AvgIpc) is 2.86. The Kier molecular flexibility index (Phi) is 4.55. The van der Waals surface area contributed by atoms with E-state index in [0.717, 1.165) is 37.0 Å². The van der Waals surface area contributed by atoms with Crippen LogP contribution in [-0.2, 0) is 11.3 Å². The minimum atomic E-state index is 0.106. The molecular weight excluding hydrogens is 238 g/mol. The lowest BCUT2D eigenvalue weighted by Gasteiger charge is -2.10. The molecule has 4 heteroatoms. The van der Waals surface area contributed by atoms with Gasteiger partial charge in [0, 0.05) is 19.0 Å². The van der Waals surface area contributed by atoms with E-state index in [0.29, 0.717) is 0 Å². The molecule has 0 saturated heterocycles. The molecule has 19 heavy (non-hydrogen) atoms. The van der Waals surface area contributed by atoms with Gasteiger partial charge in [-0.05, 0) is 25.0 Å². The summed E-state index contributed by atoms with van der Waals surface area (Å²) in [5, 5.41) is 2.97. The van der Waals surface area contributed by atoms with Gasteiger partial charge in [-0.25, -0.2) is 4.98 Å². The van der Waals surface area contributed by atoms with E-state index in [2.05, 4.69) is 20.9 Å². The fourth-order valence-electron chi connectivity index (χ4n) is 2.01. The molecule has 1 amide bonds. The second-order valence-electron chi connectivity index (χ2n) is 4.88. The van der Waals surface area contributed by atoms with Crippen LogP contribution in [0.1, 0.15) is 26.7 Å². The van der Waals surface area contributed by atoms with Crippen LogP contribution in [0.25, 0.3) is 11.0 Å². The van der Waals surface area contributed by atoms with Crippen molar-refractivity contribution in [2.45, 2.75) is 33.2 Å². The number of fused-ring (bicyclic) bond motifs is 1. The summed E-state index contributed by atoms with van der Waals surface area (Å²) in [6.45, 7) is 5.58. The van der Waals surface area contributed by atoms with Crippen LogP contribution in [0.3, 0.4) is 0 Å². The SMILES string of the molecule is CCC(C)C(=O)NCCCn1cnc2ccccc21. The number of carbonyl (C=O) groups excluding carboxylic acids is 1. The van der Waals surface area contributed by atoms with Gasteiger partial charge in [0.15, 0.2) is 0 Å². The van der Waals surface area contributed by atoms with E-state index in [1.54, 1.807) is 0 Å². The van der Waals surface area contributed by atoms with Crippen LogP contribution in [0.15, 0.2) is 30.6 Å². The van der Waals surface area contributed by atoms with Crippen LogP contribution in [0.5, 0.6) is 0 Å². The van der Waals surface area contributed by atoms with Gasteiger partial charge < -0.3 is 9.88 Å². The van der Waals surface area contributed by atoms with Crippen molar-refractivity contribution < 1.29 is 4.79 Å². The van der Waals surface area contributed by atoms with Gasteiger partial charge in [-0.15, -0.1) is 0 Å². The second-order valence-corrected chi connectivity index (χ2v) is 4.88. The van der Waals surface area contributed by atoms with Crippen LogP contribution in [0.4, 0.5) is 0 Å². The first-order chi connectivity index (χ1) is 9.22. The zero-order valence-corrected chi connectivity index (χ0v) is 11.6. The fraction of sp³-hybridized carbons (Fsp3) is 0.467. The molecule has 1 N–H and O–H groups in total. The zero-order valence-electron chi connectivity index (χ0n) is 11.6. The molecule has 1 aromatic carbocycles. The van der Waals surface area contributed by atoms with Crippen molar-refractivity contribution in [1.29, 1.82) is 0 Å². The largest absolute Gasteiger partial charge is 0.356 e. The van der Waals surface area contributed by atoms with Gasteiger partial charge in [-0.3, -0.25) is 4.79 Å². The Morgan fingerprint density at radius 1 is 1.42 bits per heavy atom. The van der Waals surface area contributed by atoms with Gasteiger partial charge in [0.2, 0.25) is 5.91 Å². The number of hydrogen-bond donors (Lipinski definition) is 1. The molecule has 102 valence electrons. The van der Waals surface area contributed by atoms with E-state index < -0.39 is 0 Å². The summed E-state index contributed by atoms with van der Waals surface area (Å²) in [6.07, 6.45) is 3.67. The van der Waals surface area contributed by atoms with E-state index in [1.165, 1.54) is 0 Å². The number of rotatable bonds is 6. The third kappa shape index (κ3) is 3.34. The number of aromatic nitrogens is 2. The fourth-order valence-corrected chi connectivity index (χ4v) is 2.01. The van der Waals surface area contributed by atoms with Crippen molar-refractivity contribution in [3.05, 3.63) is 30.6 Å². The van der Waals surface area contributed by atoms with Gasteiger partial charge in [0.1, 0.15) is 0 Å². The van der Waals surface area contributed by atoms with E-state index in [9.17, 15) is 4.79 Å². The van der Waals surface area contributed by atoms with Crippen LogP contribution in [0.2, 0.25) is 0 Å². The van der Waals surface area contributed by atoms with Crippen molar-refractivity contribution in [2.75, 3.05) is 6.54 Å². The average molecular weight is 259 g/mol. The van der Waals surface area contributed by atoms with Gasteiger partial charge in [0.05, 0.1) is 17.4 Å². The molecule has 1 aromatic heterocycles. The Labute approximate surface area is 113 Å². The summed E-state index contributed by atoms with van der Waals surface area (Å²) in [7, 11) is 0. The number of amides is 1. The van der Waals surface area contributed by atoms with Crippen LogP contribution in [0, 0.1) is 5.92 Å². The smallest absolute Gasteiger partial charge is 0.222 e. The van der Waals surface area contributed by atoms with E-state index in [1.807, 2.05) is 38.4 Å². The van der Waals surface area contributed by atoms with E-state index >= 15 is 0 Å². The number of carbonyl (C=O) groups is 1. The predicted octanol–water partition coefficient (Wildman–Crippen LogP) is 2.59. The molecule has 0 saturated carbocycles. The van der Waals surface area contributed by atoms with Crippen molar-refractivity contribution in [2.24, 2.45) is 5.92 Å². The Hall–Kier alpha value is -1.84. The third-order valence-corrected chi connectivity index (χ3v) is 3.46. The lowest BCUT2D eigenvalue weighted by Crippen LogP contribution is -2.30. The Balaban J connectivity index is 1.82. The monoisotopic (exact) mass is 259 g/mol. The number of benzene rings is 1. The Bertz CT molecular complexity index is 547. The molecule has 1 heterocycles. The van der Waals surface area contributed by atoms with Gasteiger partial charge in [-0.1, -0.05) is 26.0 Å². The van der Waals surface area contributed by atoms with Crippen molar-refractivity contribution in [3.63, 3.8) is 0 Å². The first kappa shape index (κ1) is 13.6. The summed E-state index contributed by atoms with van der Waals surface area (Å²) in [5.74, 6) is 0.257. The molecule has 0 aliphatic carbocycles. The highest BCUT2D eigenvalue weighted by Gasteiger charge is 2.09. The van der Waals surface area contributed by atoms with E-state index in [-0.39, 0.29) is 11.8 Å². The van der Waals surface area contributed by atoms with Gasteiger partial charge in [0.25, 0.3) is 0 Å². The van der Waals surface area contributed by atoms with Crippen LogP contribution in [-0.4, -0.2) is 22.0 Å². The molecule has 1 atom stereocenters. The summed E-state index contributed by atoms with van der Waals surface area (Å²) in [6, 6.07) is 8.09. The van der Waals surface area contributed by atoms with Crippen molar-refractivity contribution >= 4 is 16.9 Å². The zero-order chi connectivity index (χ0) is 13.7. The summed E-state index contributed by atoms with van der Waals surface area (Å²) >= 11 is 0. The van der Waals surface area contributed by atoms with Gasteiger partial charge in [-0.2, -0.15) is 0 Å². The van der Waals surface area contributed by atoms with Gasteiger partial charge >= 0.3 is 0 Å². The molecule has 0 fully saturated rings. The molecule has 1 unspecified atom stereocenters. The lowest BCUT2D eigenvalue weighted by atomic mass is 10.1. The normalized spacial score (nSPS) is 12.5. The number of nitrogens with zero attached hydrogens (tertiary/aromatic N) is 2. The first-order valence-corrected chi connectivity index (χ1v) is 6.90. The molecule has 2 aromatic rings.